The van der Waals surface area contributed by atoms with Crippen LogP contribution in [0, 0.1) is 0 Å². The minimum absolute atomic E-state index is 2.08. The topological polar surface area (TPSA) is 89.2 Å². The van der Waals surface area contributed by atoms with Crippen LogP contribution >= 0.6 is 6.64 Å². The third-order valence-electron chi connectivity index (χ3n) is 0.157. The van der Waals surface area contributed by atoms with Gasteiger partial charge >= 0.3 is 0 Å². The Morgan fingerprint density at radius 1 is 1.71 bits per heavy atom. The summed E-state index contributed by atoms with van der Waals surface area (Å²) in [6.07, 6.45) is 0. The molecule has 0 spiro atoms. The van der Waals surface area contributed by atoms with Crippen LogP contribution in [0.1, 0.15) is 0 Å². The number of azide groups is 1. The van der Waals surface area contributed by atoms with E-state index in [-0.39, 0.29) is 0 Å². The van der Waals surface area contributed by atoms with E-state index in [4.69, 9.17) is 15.3 Å². The van der Waals surface area contributed by atoms with Crippen molar-refractivity contribution in [1.82, 2.24) is 0 Å². The van der Waals surface area contributed by atoms with Crippen molar-refractivity contribution in [2.75, 3.05) is 0 Å². The average Bonchev–Trinajstić information content (AvgIpc) is 1.30. The van der Waals surface area contributed by atoms with Crippen LogP contribution in [0.4, 0.5) is 0 Å². The summed E-state index contributed by atoms with van der Waals surface area (Å²) in [7, 11) is 0. The van der Waals surface area contributed by atoms with Crippen LogP contribution in [0.25, 0.3) is 10.4 Å². The molecule has 0 aromatic carbocycles. The summed E-state index contributed by atoms with van der Waals surface area (Å²) in [6.45, 7) is -3.62. The van der Waals surface area contributed by atoms with Crippen LogP contribution in [0.2, 0.25) is 0 Å². The Balaban J connectivity index is 4.10. The van der Waals surface area contributed by atoms with Gasteiger partial charge in [0.2, 0.25) is 0 Å². The van der Waals surface area contributed by atoms with Crippen molar-refractivity contribution in [3.8, 4) is 0 Å². The number of rotatable bonds is 1. The van der Waals surface area contributed by atoms with Gasteiger partial charge in [-0.1, -0.05) is 0 Å². The highest BCUT2D eigenvalue weighted by Crippen LogP contribution is 2.36. The SMILES string of the molecule is [N-]=[N+]=NP(O)(O)=S. The summed E-state index contributed by atoms with van der Waals surface area (Å²) in [5.41, 5.74) is 7.50. The molecule has 0 unspecified atom stereocenters. The van der Waals surface area contributed by atoms with Gasteiger partial charge in [0.1, 0.15) is 0 Å². The van der Waals surface area contributed by atoms with Crippen LogP contribution in [0.5, 0.6) is 0 Å². The number of hydrogen-bond donors (Lipinski definition) is 2. The standard InChI is InChI=1S/H2N3O2PS/c1-2-3-6(4,5)7/h(H2,4,5,7). The van der Waals surface area contributed by atoms with Gasteiger partial charge in [-0.3, -0.25) is 0 Å². The lowest BCUT2D eigenvalue weighted by Gasteiger charge is -1.90. The molecular formula is H2N3O2PS. The van der Waals surface area contributed by atoms with E-state index in [9.17, 15) is 0 Å². The second-order valence-electron chi connectivity index (χ2n) is 0.692. The van der Waals surface area contributed by atoms with Gasteiger partial charge < -0.3 is 9.79 Å². The maximum Gasteiger partial charge on any atom is 0.273 e. The molecule has 5 nitrogen and oxygen atoms in total. The normalized spacial score (nSPS) is 10.0. The zero-order valence-electron chi connectivity index (χ0n) is 3.09. The van der Waals surface area contributed by atoms with Gasteiger partial charge in [0.05, 0.1) is 0 Å². The van der Waals surface area contributed by atoms with E-state index < -0.39 is 6.64 Å². The van der Waals surface area contributed by atoms with Crippen molar-refractivity contribution in [2.45, 2.75) is 0 Å². The number of hydrogen-bond acceptors (Lipinski definition) is 1. The molecule has 0 rings (SSSR count). The Morgan fingerprint density at radius 3 is 2.14 bits per heavy atom. The fourth-order valence-corrected chi connectivity index (χ4v) is 0.254. The summed E-state index contributed by atoms with van der Waals surface area (Å²) in [5, 5.41) is 0. The van der Waals surface area contributed by atoms with Gasteiger partial charge in [0.25, 0.3) is 6.64 Å². The summed E-state index contributed by atoms with van der Waals surface area (Å²) in [4.78, 5) is 20.7. The zero-order chi connectivity index (χ0) is 5.91. The lowest BCUT2D eigenvalue weighted by molar-refractivity contribution is 0.480. The summed E-state index contributed by atoms with van der Waals surface area (Å²) >= 11 is 3.89. The van der Waals surface area contributed by atoms with E-state index >= 15 is 0 Å². The van der Waals surface area contributed by atoms with E-state index in [1.807, 2.05) is 0 Å². The second-order valence-corrected chi connectivity index (χ2v) is 3.37. The van der Waals surface area contributed by atoms with Gasteiger partial charge in [0, 0.05) is 4.91 Å². The van der Waals surface area contributed by atoms with Crippen molar-refractivity contribution >= 4 is 18.4 Å². The Kier molecular flexibility index (Phi) is 2.22. The lowest BCUT2D eigenvalue weighted by Crippen LogP contribution is -1.62. The highest BCUT2D eigenvalue weighted by atomic mass is 32.5. The minimum Gasteiger partial charge on any atom is -0.341 e. The van der Waals surface area contributed by atoms with Crippen LogP contribution in [0.3, 0.4) is 0 Å². The highest BCUT2D eigenvalue weighted by molar-refractivity contribution is 8.08. The molecule has 2 N–H and O–H groups in total. The molecule has 0 aliphatic carbocycles. The fraction of sp³-hybridized carbons (Fsp3) is 0. The molecule has 0 fully saturated rings. The summed E-state index contributed by atoms with van der Waals surface area (Å²) in [5.74, 6) is 0. The maximum atomic E-state index is 8.08. The molecule has 0 aliphatic heterocycles. The monoisotopic (exact) mass is 139 g/mol. The second kappa shape index (κ2) is 2.26. The first-order chi connectivity index (χ1) is 3.06. The molecule has 0 aliphatic rings. The van der Waals surface area contributed by atoms with Crippen molar-refractivity contribution in [3.63, 3.8) is 0 Å². The van der Waals surface area contributed by atoms with Crippen molar-refractivity contribution in [1.29, 1.82) is 0 Å². The van der Waals surface area contributed by atoms with E-state index in [2.05, 4.69) is 21.6 Å². The molecule has 0 saturated heterocycles. The van der Waals surface area contributed by atoms with Gasteiger partial charge in [-0.05, 0) is 22.2 Å². The molecule has 40 valence electrons. The summed E-state index contributed by atoms with van der Waals surface area (Å²) < 4.78 is 0. The molecule has 0 saturated carbocycles. The summed E-state index contributed by atoms with van der Waals surface area (Å²) in [6, 6.07) is 0. The Morgan fingerprint density at radius 2 is 2.14 bits per heavy atom. The zero-order valence-corrected chi connectivity index (χ0v) is 4.80. The molecule has 0 atom stereocenters. The van der Waals surface area contributed by atoms with E-state index in [0.717, 1.165) is 0 Å². The molecule has 7 heavy (non-hydrogen) atoms. The highest BCUT2D eigenvalue weighted by Gasteiger charge is 1.98. The van der Waals surface area contributed by atoms with Gasteiger partial charge in [-0.25, -0.2) is 0 Å². The molecule has 0 aromatic rings. The average molecular weight is 139 g/mol. The molecule has 0 aromatic heterocycles. The Labute approximate surface area is 44.4 Å². The van der Waals surface area contributed by atoms with Crippen LogP contribution in [-0.4, -0.2) is 9.79 Å². The van der Waals surface area contributed by atoms with Gasteiger partial charge in [0.15, 0.2) is 0 Å². The minimum atomic E-state index is -3.62. The van der Waals surface area contributed by atoms with Crippen molar-refractivity contribution in [2.24, 2.45) is 4.88 Å². The first kappa shape index (κ1) is 6.88. The Bertz CT molecular complexity index is 141. The molecule has 0 amide bonds. The first-order valence-electron chi connectivity index (χ1n) is 1.18. The lowest BCUT2D eigenvalue weighted by atomic mass is 13.0. The third kappa shape index (κ3) is 5.88. The van der Waals surface area contributed by atoms with E-state index in [1.54, 1.807) is 0 Å². The van der Waals surface area contributed by atoms with E-state index in [0.29, 0.717) is 0 Å². The van der Waals surface area contributed by atoms with Crippen LogP contribution in [-0.2, 0) is 11.8 Å². The van der Waals surface area contributed by atoms with Gasteiger partial charge in [-0.2, -0.15) is 0 Å². The molecule has 0 radical (unpaired) electrons. The molecular weight excluding hydrogens is 137 g/mol. The first-order valence-corrected chi connectivity index (χ1v) is 3.84. The molecule has 0 heterocycles. The maximum absolute atomic E-state index is 8.08. The number of nitrogens with zero attached hydrogens (tertiary/aromatic N) is 3. The third-order valence-corrected chi connectivity index (χ3v) is 0.689. The predicted octanol–water partition coefficient (Wildman–Crippen LogP) is 0.506. The smallest absolute Gasteiger partial charge is 0.273 e. The van der Waals surface area contributed by atoms with Crippen molar-refractivity contribution < 1.29 is 9.79 Å². The molecule has 0 bridgehead atoms. The van der Waals surface area contributed by atoms with Crippen LogP contribution < -0.4 is 0 Å². The largest absolute Gasteiger partial charge is 0.341 e. The van der Waals surface area contributed by atoms with Crippen molar-refractivity contribution in [3.05, 3.63) is 10.4 Å². The predicted molar refractivity (Wildman–Crippen MR) is 27.9 cm³/mol. The molecule has 7 heteroatoms. The van der Waals surface area contributed by atoms with E-state index in [1.165, 1.54) is 0 Å². The van der Waals surface area contributed by atoms with Crippen LogP contribution in [0.15, 0.2) is 4.88 Å². The fourth-order valence-electron chi connectivity index (χ4n) is 0.0521. The quantitative estimate of drug-likeness (QED) is 0.240. The van der Waals surface area contributed by atoms with Gasteiger partial charge in [-0.15, -0.1) is 0 Å². The Hall–Kier alpha value is -0.120.